The molecule has 0 unspecified atom stereocenters. The Hall–Kier alpha value is -1.86. The van der Waals surface area contributed by atoms with E-state index in [0.717, 1.165) is 52.6 Å². The van der Waals surface area contributed by atoms with Crippen LogP contribution in [0.3, 0.4) is 0 Å². The molecular weight excluding hydrogens is 426 g/mol. The van der Waals surface area contributed by atoms with Crippen LogP contribution in [0.4, 0.5) is 0 Å². The molecular formula is C24H31N3O2S2. The number of aryl methyl sites for hydroxylation is 1. The summed E-state index contributed by atoms with van der Waals surface area (Å²) < 4.78 is 0. The molecule has 0 bridgehead atoms. The summed E-state index contributed by atoms with van der Waals surface area (Å²) in [5, 5.41) is 6.40. The second-order valence-electron chi connectivity index (χ2n) is 8.55. The first-order valence-corrected chi connectivity index (χ1v) is 13.2. The van der Waals surface area contributed by atoms with E-state index in [2.05, 4.69) is 15.7 Å². The molecule has 1 saturated heterocycles. The minimum absolute atomic E-state index is 0.0922. The van der Waals surface area contributed by atoms with Crippen molar-refractivity contribution in [2.24, 2.45) is 5.92 Å². The molecule has 2 heterocycles. The number of thioether (sulfide) groups is 1. The number of likely N-dealkylation sites (tertiary alicyclic amines) is 1. The molecule has 7 heteroatoms. The molecule has 1 saturated carbocycles. The summed E-state index contributed by atoms with van der Waals surface area (Å²) in [6.45, 7) is 3.40. The largest absolute Gasteiger partial charge is 0.353 e. The van der Waals surface area contributed by atoms with Crippen molar-refractivity contribution in [2.75, 3.05) is 13.1 Å². The molecule has 1 aromatic heterocycles. The molecule has 0 atom stereocenters. The van der Waals surface area contributed by atoms with E-state index < -0.39 is 0 Å². The average Bonchev–Trinajstić information content (AvgIpc) is 3.23. The summed E-state index contributed by atoms with van der Waals surface area (Å²) in [5.74, 6) is 1.28. The van der Waals surface area contributed by atoms with Crippen LogP contribution in [0, 0.1) is 12.8 Å². The van der Waals surface area contributed by atoms with E-state index in [1.807, 2.05) is 36.1 Å². The van der Waals surface area contributed by atoms with Gasteiger partial charge in [0.15, 0.2) is 0 Å². The molecule has 166 valence electrons. The highest BCUT2D eigenvalue weighted by Gasteiger charge is 2.28. The van der Waals surface area contributed by atoms with Crippen molar-refractivity contribution >= 4 is 34.9 Å². The van der Waals surface area contributed by atoms with Crippen molar-refractivity contribution in [1.29, 1.82) is 0 Å². The minimum Gasteiger partial charge on any atom is -0.353 e. The lowest BCUT2D eigenvalue weighted by Crippen LogP contribution is -2.48. The van der Waals surface area contributed by atoms with E-state index in [9.17, 15) is 9.59 Å². The monoisotopic (exact) mass is 457 g/mol. The minimum atomic E-state index is 0.0922. The number of hydrogen-bond donors (Lipinski definition) is 1. The SMILES string of the molecule is Cc1nc(CSc2ccccc2C(=O)N2CCC(NC(=O)C3CCCCC3)CC2)cs1. The molecule has 0 spiro atoms. The number of rotatable bonds is 6. The number of carbonyl (C=O) groups is 2. The van der Waals surface area contributed by atoms with Crippen LogP contribution in [0.1, 0.15) is 66.0 Å². The lowest BCUT2D eigenvalue weighted by molar-refractivity contribution is -0.126. The molecule has 2 aliphatic rings. The molecule has 2 aromatic rings. The van der Waals surface area contributed by atoms with Crippen molar-refractivity contribution in [3.63, 3.8) is 0 Å². The van der Waals surface area contributed by atoms with Crippen molar-refractivity contribution < 1.29 is 9.59 Å². The molecule has 4 rings (SSSR count). The number of carbonyl (C=O) groups excluding carboxylic acids is 2. The predicted octanol–water partition coefficient (Wildman–Crippen LogP) is 5.04. The molecule has 1 aliphatic carbocycles. The van der Waals surface area contributed by atoms with Crippen LogP contribution in [0.5, 0.6) is 0 Å². The van der Waals surface area contributed by atoms with Crippen LogP contribution in [-0.2, 0) is 10.5 Å². The average molecular weight is 458 g/mol. The number of hydrogen-bond acceptors (Lipinski definition) is 5. The van der Waals surface area contributed by atoms with Crippen LogP contribution in [0.25, 0.3) is 0 Å². The second kappa shape index (κ2) is 10.6. The summed E-state index contributed by atoms with van der Waals surface area (Å²) in [5.41, 5.74) is 1.83. The van der Waals surface area contributed by atoms with E-state index >= 15 is 0 Å². The van der Waals surface area contributed by atoms with Gasteiger partial charge < -0.3 is 10.2 Å². The number of thiazole rings is 1. The number of benzene rings is 1. The Morgan fingerprint density at radius 3 is 2.58 bits per heavy atom. The van der Waals surface area contributed by atoms with Crippen molar-refractivity contribution in [1.82, 2.24) is 15.2 Å². The van der Waals surface area contributed by atoms with E-state index in [4.69, 9.17) is 0 Å². The van der Waals surface area contributed by atoms with Gasteiger partial charge >= 0.3 is 0 Å². The van der Waals surface area contributed by atoms with Crippen LogP contribution in [0.2, 0.25) is 0 Å². The van der Waals surface area contributed by atoms with Crippen LogP contribution >= 0.6 is 23.1 Å². The first-order chi connectivity index (χ1) is 15.1. The van der Waals surface area contributed by atoms with Gasteiger partial charge in [0.2, 0.25) is 5.91 Å². The molecule has 31 heavy (non-hydrogen) atoms. The van der Waals surface area contributed by atoms with Gasteiger partial charge in [-0.15, -0.1) is 23.1 Å². The Bertz CT molecular complexity index is 900. The summed E-state index contributed by atoms with van der Waals surface area (Å²) in [6.07, 6.45) is 7.31. The fourth-order valence-corrected chi connectivity index (χ4v) is 6.13. The Labute approximate surface area is 193 Å². The zero-order valence-corrected chi connectivity index (χ0v) is 19.8. The first kappa shape index (κ1) is 22.3. The number of aromatic nitrogens is 1. The topological polar surface area (TPSA) is 62.3 Å². The Morgan fingerprint density at radius 1 is 1.13 bits per heavy atom. The zero-order chi connectivity index (χ0) is 21.6. The number of nitrogens with one attached hydrogen (secondary N) is 1. The fourth-order valence-electron chi connectivity index (χ4n) is 4.48. The van der Waals surface area contributed by atoms with Crippen molar-refractivity contribution in [3.05, 3.63) is 45.9 Å². The lowest BCUT2D eigenvalue weighted by Gasteiger charge is -2.34. The Morgan fingerprint density at radius 2 is 1.87 bits per heavy atom. The van der Waals surface area contributed by atoms with Crippen molar-refractivity contribution in [2.45, 2.75) is 68.6 Å². The zero-order valence-electron chi connectivity index (χ0n) is 18.1. The van der Waals surface area contributed by atoms with Crippen LogP contribution in [-0.4, -0.2) is 40.8 Å². The third-order valence-electron chi connectivity index (χ3n) is 6.26. The van der Waals surface area contributed by atoms with Gasteiger partial charge in [-0.2, -0.15) is 0 Å². The van der Waals surface area contributed by atoms with Crippen molar-refractivity contribution in [3.8, 4) is 0 Å². The third-order valence-corrected chi connectivity index (χ3v) is 8.19. The molecule has 2 fully saturated rings. The van der Waals surface area contributed by atoms with Gasteiger partial charge in [0.1, 0.15) is 0 Å². The fraction of sp³-hybridized carbons (Fsp3) is 0.542. The van der Waals surface area contributed by atoms with Gasteiger partial charge in [-0.25, -0.2) is 4.98 Å². The highest BCUT2D eigenvalue weighted by Crippen LogP contribution is 2.29. The predicted molar refractivity (Wildman–Crippen MR) is 126 cm³/mol. The van der Waals surface area contributed by atoms with Gasteiger partial charge in [-0.1, -0.05) is 31.4 Å². The smallest absolute Gasteiger partial charge is 0.254 e. The molecule has 5 nitrogen and oxygen atoms in total. The molecule has 1 aliphatic heterocycles. The summed E-state index contributed by atoms with van der Waals surface area (Å²) in [7, 11) is 0. The summed E-state index contributed by atoms with van der Waals surface area (Å²) in [4.78, 5) is 33.2. The van der Waals surface area contributed by atoms with Crippen LogP contribution in [0.15, 0.2) is 34.5 Å². The quantitative estimate of drug-likeness (QED) is 0.617. The van der Waals surface area contributed by atoms with Gasteiger partial charge in [-0.3, -0.25) is 9.59 Å². The normalized spacial score (nSPS) is 18.2. The second-order valence-corrected chi connectivity index (χ2v) is 10.6. The molecule has 2 amide bonds. The lowest BCUT2D eigenvalue weighted by atomic mass is 9.88. The molecule has 0 radical (unpaired) electrons. The van der Waals surface area contributed by atoms with Gasteiger partial charge in [-0.05, 0) is 44.7 Å². The number of amides is 2. The maximum absolute atomic E-state index is 13.2. The highest BCUT2D eigenvalue weighted by molar-refractivity contribution is 7.98. The van der Waals surface area contributed by atoms with E-state index in [0.29, 0.717) is 13.1 Å². The number of piperidine rings is 1. The van der Waals surface area contributed by atoms with Crippen LogP contribution < -0.4 is 5.32 Å². The summed E-state index contributed by atoms with van der Waals surface area (Å²) >= 11 is 3.33. The third kappa shape index (κ3) is 5.89. The van der Waals surface area contributed by atoms with E-state index in [1.54, 1.807) is 23.1 Å². The Balaban J connectivity index is 1.30. The number of nitrogens with zero attached hydrogens (tertiary/aromatic N) is 2. The standard InChI is InChI=1S/C24H31N3O2S2/c1-17-25-20(15-30-17)16-31-22-10-6-5-9-21(22)24(29)27-13-11-19(12-14-27)26-23(28)18-7-3-2-4-8-18/h5-6,9-10,15,18-19H,2-4,7-8,11-14,16H2,1H3,(H,26,28). The van der Waals surface area contributed by atoms with E-state index in [1.165, 1.54) is 19.3 Å². The molecule has 1 N–H and O–H groups in total. The maximum atomic E-state index is 13.2. The molecule has 1 aromatic carbocycles. The summed E-state index contributed by atoms with van der Waals surface area (Å²) in [6, 6.07) is 8.05. The van der Waals surface area contributed by atoms with Gasteiger partial charge in [0.25, 0.3) is 5.91 Å². The maximum Gasteiger partial charge on any atom is 0.254 e. The van der Waals surface area contributed by atoms with Gasteiger partial charge in [0, 0.05) is 41.1 Å². The first-order valence-electron chi connectivity index (χ1n) is 11.3. The Kier molecular flexibility index (Phi) is 7.67. The highest BCUT2D eigenvalue weighted by atomic mass is 32.2. The van der Waals surface area contributed by atoms with Gasteiger partial charge in [0.05, 0.1) is 16.3 Å². The van der Waals surface area contributed by atoms with E-state index in [-0.39, 0.29) is 23.8 Å².